The predicted molar refractivity (Wildman–Crippen MR) is 227 cm³/mol. The minimum absolute atomic E-state index is 0.0189. The third-order valence-corrected chi connectivity index (χ3v) is 8.44. The van der Waals surface area contributed by atoms with Crippen molar-refractivity contribution in [2.24, 2.45) is 5.73 Å². The van der Waals surface area contributed by atoms with Crippen molar-refractivity contribution in [1.82, 2.24) is 16.0 Å². The topological polar surface area (TPSA) is 284 Å². The summed E-state index contributed by atoms with van der Waals surface area (Å²) in [4.78, 5) is 101. The van der Waals surface area contributed by atoms with Gasteiger partial charge in [-0.05, 0) is 79.2 Å². The molecule has 0 saturated carbocycles. The number of ether oxygens (including phenoxy) is 4. The summed E-state index contributed by atoms with van der Waals surface area (Å²) in [6.45, 7) is 2.13. The van der Waals surface area contributed by atoms with Gasteiger partial charge in [-0.3, -0.25) is 38.4 Å². The number of carbonyl (C=O) groups is 8. The zero-order valence-electron chi connectivity index (χ0n) is 34.4. The van der Waals surface area contributed by atoms with Gasteiger partial charge in [0, 0.05) is 29.7 Å². The molecule has 0 atom stereocenters. The van der Waals surface area contributed by atoms with E-state index in [1.807, 2.05) is 6.92 Å². The molecule has 0 aromatic heterocycles. The summed E-state index contributed by atoms with van der Waals surface area (Å²) in [5, 5.41) is 17.7. The van der Waals surface area contributed by atoms with Crippen LogP contribution in [-0.2, 0) is 19.2 Å². The van der Waals surface area contributed by atoms with Crippen LogP contribution in [0.5, 0.6) is 23.0 Å². The summed E-state index contributed by atoms with van der Waals surface area (Å²) in [7, 11) is 4.03. The molecule has 0 aliphatic carbocycles. The number of amides is 8. The predicted octanol–water partition coefficient (Wildman–Crippen LogP) is 2.66. The first-order valence-corrected chi connectivity index (χ1v) is 18.8. The Labute approximate surface area is 355 Å². The molecular weight excluding hydrogens is 809 g/mol. The largest absolute Gasteiger partial charge is 0.496 e. The monoisotopic (exact) mass is 854 g/mol. The number of nitrogens with one attached hydrogen (secondary N) is 7. The van der Waals surface area contributed by atoms with Crippen LogP contribution in [0.25, 0.3) is 0 Å². The van der Waals surface area contributed by atoms with Crippen molar-refractivity contribution in [1.29, 1.82) is 0 Å². The normalized spacial score (nSPS) is 10.3. The third kappa shape index (κ3) is 13.2. The molecule has 0 radical (unpaired) electrons. The Morgan fingerprint density at radius 3 is 1.11 bits per heavy atom. The van der Waals surface area contributed by atoms with E-state index in [-0.39, 0.29) is 68.2 Å². The highest BCUT2D eigenvalue weighted by atomic mass is 16.5. The average Bonchev–Trinajstić information content (AvgIpc) is 3.25. The highest BCUT2D eigenvalue weighted by Gasteiger charge is 2.20. The summed E-state index contributed by atoms with van der Waals surface area (Å²) >= 11 is 0. The number of benzene rings is 4. The van der Waals surface area contributed by atoms with Crippen LogP contribution in [0.3, 0.4) is 0 Å². The molecule has 0 aliphatic rings. The van der Waals surface area contributed by atoms with Crippen LogP contribution in [0.4, 0.5) is 22.7 Å². The molecule has 0 heterocycles. The van der Waals surface area contributed by atoms with E-state index in [4.69, 9.17) is 24.7 Å². The first kappa shape index (κ1) is 46.5. The SMILES string of the molecule is CCCOc1ccc(NC(=O)CNC(=O)c2cc(NC(=O)CNC(=O)c3cc(NC(=O)CNC(=O)c4cc(NC(C)=O)ccc4OC)ccc3OC)ccc2OC)cc1C(N)=O. The molecule has 326 valence electrons. The van der Waals surface area contributed by atoms with Gasteiger partial charge in [-0.2, -0.15) is 0 Å². The molecule has 8 amide bonds. The van der Waals surface area contributed by atoms with Gasteiger partial charge < -0.3 is 61.9 Å². The van der Waals surface area contributed by atoms with Gasteiger partial charge in [0.15, 0.2) is 0 Å². The number of carbonyl (C=O) groups excluding carboxylic acids is 8. The fourth-order valence-corrected chi connectivity index (χ4v) is 5.61. The minimum Gasteiger partial charge on any atom is -0.496 e. The van der Waals surface area contributed by atoms with Gasteiger partial charge in [0.2, 0.25) is 23.6 Å². The minimum atomic E-state index is -0.746. The lowest BCUT2D eigenvalue weighted by atomic mass is 10.1. The van der Waals surface area contributed by atoms with E-state index in [1.165, 1.54) is 95.0 Å². The number of nitrogens with two attached hydrogens (primary N) is 1. The van der Waals surface area contributed by atoms with Crippen LogP contribution in [0.15, 0.2) is 72.8 Å². The Balaban J connectivity index is 1.32. The molecule has 0 bridgehead atoms. The van der Waals surface area contributed by atoms with Crippen LogP contribution in [0.2, 0.25) is 0 Å². The van der Waals surface area contributed by atoms with Crippen molar-refractivity contribution >= 4 is 70.0 Å². The lowest BCUT2D eigenvalue weighted by Crippen LogP contribution is -2.34. The molecular formula is C42H46N8O12. The summed E-state index contributed by atoms with van der Waals surface area (Å²) < 4.78 is 21.3. The molecule has 62 heavy (non-hydrogen) atoms. The highest BCUT2D eigenvalue weighted by Crippen LogP contribution is 2.26. The molecule has 0 aliphatic heterocycles. The molecule has 20 nitrogen and oxygen atoms in total. The Kier molecular flexibility index (Phi) is 16.7. The summed E-state index contributed by atoms with van der Waals surface area (Å²) in [6, 6.07) is 17.3. The second-order valence-corrected chi connectivity index (χ2v) is 13.0. The number of rotatable bonds is 20. The van der Waals surface area contributed by atoms with Gasteiger partial charge in [-0.15, -0.1) is 0 Å². The second kappa shape index (κ2) is 22.3. The van der Waals surface area contributed by atoms with Gasteiger partial charge in [-0.25, -0.2) is 0 Å². The van der Waals surface area contributed by atoms with E-state index >= 15 is 0 Å². The van der Waals surface area contributed by atoms with Gasteiger partial charge in [0.05, 0.1) is 69.8 Å². The number of primary amides is 1. The molecule has 0 spiro atoms. The van der Waals surface area contributed by atoms with Gasteiger partial charge in [-0.1, -0.05) is 6.92 Å². The van der Waals surface area contributed by atoms with Crippen molar-refractivity contribution in [3.63, 3.8) is 0 Å². The first-order valence-electron chi connectivity index (χ1n) is 18.8. The summed E-state index contributed by atoms with van der Waals surface area (Å²) in [6.07, 6.45) is 0.707. The van der Waals surface area contributed by atoms with Crippen molar-refractivity contribution < 1.29 is 57.3 Å². The lowest BCUT2D eigenvalue weighted by molar-refractivity contribution is -0.116. The Morgan fingerprint density at radius 1 is 0.484 bits per heavy atom. The molecule has 9 N–H and O–H groups in total. The smallest absolute Gasteiger partial charge is 0.255 e. The van der Waals surface area contributed by atoms with E-state index in [9.17, 15) is 38.4 Å². The van der Waals surface area contributed by atoms with E-state index in [0.29, 0.717) is 18.7 Å². The van der Waals surface area contributed by atoms with Gasteiger partial charge in [0.25, 0.3) is 23.6 Å². The molecule has 0 saturated heterocycles. The quantitative estimate of drug-likeness (QED) is 0.0637. The van der Waals surface area contributed by atoms with E-state index < -0.39 is 61.0 Å². The van der Waals surface area contributed by atoms with E-state index in [2.05, 4.69) is 37.2 Å². The summed E-state index contributed by atoms with van der Waals surface area (Å²) in [5.41, 5.74) is 6.51. The molecule has 4 rings (SSSR count). The van der Waals surface area contributed by atoms with Crippen LogP contribution in [0, 0.1) is 0 Å². The molecule has 0 unspecified atom stereocenters. The maximum absolute atomic E-state index is 13.2. The second-order valence-electron chi connectivity index (χ2n) is 13.0. The van der Waals surface area contributed by atoms with Crippen LogP contribution >= 0.6 is 0 Å². The Hall–Kier alpha value is -8.16. The number of hydrogen-bond donors (Lipinski definition) is 8. The van der Waals surface area contributed by atoms with Crippen molar-refractivity contribution in [3.8, 4) is 23.0 Å². The molecule has 20 heteroatoms. The first-order chi connectivity index (χ1) is 29.6. The van der Waals surface area contributed by atoms with E-state index in [1.54, 1.807) is 6.07 Å². The Morgan fingerprint density at radius 2 is 0.806 bits per heavy atom. The third-order valence-electron chi connectivity index (χ3n) is 8.44. The number of methoxy groups -OCH3 is 3. The summed E-state index contributed by atoms with van der Waals surface area (Å²) in [5.74, 6) is -4.34. The Bertz CT molecular complexity index is 2370. The van der Waals surface area contributed by atoms with Crippen LogP contribution in [-0.4, -0.2) is 94.8 Å². The van der Waals surface area contributed by atoms with Gasteiger partial charge in [0.1, 0.15) is 23.0 Å². The molecule has 0 fully saturated rings. The standard InChI is InChI=1S/C42H46N8O12/c1-6-15-62-35-14-10-25(16-28(35)39(43)55)48-36(52)20-45-41(57)30-18-27(9-12-33(30)60-4)50-38(54)22-46-42(58)31-19-26(8-13-34(31)61-5)49-37(53)21-44-40(56)29-17-24(47-23(2)51)7-11-32(29)59-3/h7-14,16-19H,6,15,20-22H2,1-5H3,(H2,43,55)(H,44,56)(H,45,57)(H,46,58)(H,47,51)(H,48,52)(H,49,53)(H,50,54). The van der Waals surface area contributed by atoms with Crippen LogP contribution in [0.1, 0.15) is 61.7 Å². The van der Waals surface area contributed by atoms with Crippen molar-refractivity contribution in [2.75, 3.05) is 68.8 Å². The average molecular weight is 855 g/mol. The van der Waals surface area contributed by atoms with Gasteiger partial charge >= 0.3 is 0 Å². The fourth-order valence-electron chi connectivity index (χ4n) is 5.61. The zero-order valence-corrected chi connectivity index (χ0v) is 34.4. The maximum Gasteiger partial charge on any atom is 0.255 e. The zero-order chi connectivity index (χ0) is 45.3. The van der Waals surface area contributed by atoms with Crippen molar-refractivity contribution in [3.05, 3.63) is 95.1 Å². The van der Waals surface area contributed by atoms with Crippen LogP contribution < -0.4 is 61.9 Å². The highest BCUT2D eigenvalue weighted by molar-refractivity contribution is 6.06. The maximum atomic E-state index is 13.2. The molecule has 4 aromatic carbocycles. The van der Waals surface area contributed by atoms with Crippen molar-refractivity contribution in [2.45, 2.75) is 20.3 Å². The number of hydrogen-bond acceptors (Lipinski definition) is 12. The lowest BCUT2D eigenvalue weighted by Gasteiger charge is -2.14. The fraction of sp³-hybridized carbons (Fsp3) is 0.238. The number of anilines is 4. The molecule has 4 aromatic rings. The van der Waals surface area contributed by atoms with E-state index in [0.717, 1.165) is 0 Å².